The molecule has 0 aliphatic heterocycles. The van der Waals surface area contributed by atoms with Gasteiger partial charge in [-0.3, -0.25) is 0 Å². The Balaban J connectivity index is 2.55. The third-order valence-electron chi connectivity index (χ3n) is 2.15. The van der Waals surface area contributed by atoms with E-state index in [0.29, 0.717) is 5.92 Å². The molecule has 0 saturated heterocycles. The molecule has 0 atom stereocenters. The molecule has 78 valence electrons. The van der Waals surface area contributed by atoms with Crippen LogP contribution in [0.2, 0.25) is 0 Å². The minimum atomic E-state index is 0.558. The molecule has 1 N–H and O–H groups in total. The van der Waals surface area contributed by atoms with Crippen molar-refractivity contribution in [2.45, 2.75) is 19.8 Å². The highest BCUT2D eigenvalue weighted by atomic mass is 16.5. The van der Waals surface area contributed by atoms with E-state index in [4.69, 9.17) is 4.74 Å². The number of hydrogen-bond donors (Lipinski definition) is 1. The van der Waals surface area contributed by atoms with Gasteiger partial charge in [0.25, 0.3) is 0 Å². The van der Waals surface area contributed by atoms with Gasteiger partial charge in [0.15, 0.2) is 0 Å². The zero-order chi connectivity index (χ0) is 10.4. The molecule has 1 rings (SSSR count). The quantitative estimate of drug-likeness (QED) is 0.725. The summed E-state index contributed by atoms with van der Waals surface area (Å²) in [5, 5.41) is 3.05. The average Bonchev–Trinajstić information content (AvgIpc) is 2.19. The first-order chi connectivity index (χ1) is 6.74. The van der Waals surface area contributed by atoms with E-state index in [-0.39, 0.29) is 0 Å². The normalized spacial score (nSPS) is 10.6. The van der Waals surface area contributed by atoms with Gasteiger partial charge in [0.2, 0.25) is 0 Å². The molecule has 1 aromatic rings. The Morgan fingerprint density at radius 3 is 2.79 bits per heavy atom. The highest BCUT2D eigenvalue weighted by Gasteiger charge is 2.00. The second-order valence-corrected chi connectivity index (χ2v) is 3.68. The SMILES string of the molecule is CNCCOc1cccc(C(C)C)c1. The summed E-state index contributed by atoms with van der Waals surface area (Å²) in [5.41, 5.74) is 1.33. The van der Waals surface area contributed by atoms with Gasteiger partial charge in [-0.2, -0.15) is 0 Å². The number of likely N-dealkylation sites (N-methyl/N-ethyl adjacent to an activating group) is 1. The maximum Gasteiger partial charge on any atom is 0.119 e. The topological polar surface area (TPSA) is 21.3 Å². The number of benzene rings is 1. The minimum Gasteiger partial charge on any atom is -0.492 e. The maximum absolute atomic E-state index is 5.57. The summed E-state index contributed by atoms with van der Waals surface area (Å²) in [5.74, 6) is 1.52. The van der Waals surface area contributed by atoms with E-state index >= 15 is 0 Å². The molecule has 0 amide bonds. The molecule has 14 heavy (non-hydrogen) atoms. The van der Waals surface area contributed by atoms with Gasteiger partial charge in [-0.05, 0) is 30.7 Å². The summed E-state index contributed by atoms with van der Waals surface area (Å²) < 4.78 is 5.57. The van der Waals surface area contributed by atoms with E-state index in [1.807, 2.05) is 19.2 Å². The zero-order valence-electron chi connectivity index (χ0n) is 9.21. The standard InChI is InChI=1S/C12H19NO/c1-10(2)11-5-4-6-12(9-11)14-8-7-13-3/h4-6,9-10,13H,7-8H2,1-3H3. The predicted molar refractivity (Wildman–Crippen MR) is 60.0 cm³/mol. The van der Waals surface area contributed by atoms with Crippen LogP contribution in [0.25, 0.3) is 0 Å². The molecule has 0 heterocycles. The van der Waals surface area contributed by atoms with E-state index in [2.05, 4.69) is 31.3 Å². The first-order valence-corrected chi connectivity index (χ1v) is 5.11. The van der Waals surface area contributed by atoms with Crippen molar-refractivity contribution in [3.05, 3.63) is 29.8 Å². The number of nitrogens with one attached hydrogen (secondary N) is 1. The fraction of sp³-hybridized carbons (Fsp3) is 0.500. The molecule has 0 unspecified atom stereocenters. The van der Waals surface area contributed by atoms with Crippen LogP contribution in [-0.2, 0) is 0 Å². The van der Waals surface area contributed by atoms with Gasteiger partial charge in [-0.1, -0.05) is 26.0 Å². The molecule has 0 bridgehead atoms. The van der Waals surface area contributed by atoms with E-state index < -0.39 is 0 Å². The fourth-order valence-corrected chi connectivity index (χ4v) is 1.23. The van der Waals surface area contributed by atoms with Crippen molar-refractivity contribution in [1.29, 1.82) is 0 Å². The third kappa shape index (κ3) is 3.38. The lowest BCUT2D eigenvalue weighted by atomic mass is 10.0. The van der Waals surface area contributed by atoms with Crippen LogP contribution < -0.4 is 10.1 Å². The van der Waals surface area contributed by atoms with E-state index in [0.717, 1.165) is 18.9 Å². The predicted octanol–water partition coefficient (Wildman–Crippen LogP) is 2.41. The van der Waals surface area contributed by atoms with Crippen molar-refractivity contribution in [2.75, 3.05) is 20.2 Å². The van der Waals surface area contributed by atoms with Crippen molar-refractivity contribution >= 4 is 0 Å². The molecular weight excluding hydrogens is 174 g/mol. The molecule has 2 heteroatoms. The van der Waals surface area contributed by atoms with Crippen LogP contribution in [0.4, 0.5) is 0 Å². The Labute approximate surface area is 86.3 Å². The molecule has 0 spiro atoms. The third-order valence-corrected chi connectivity index (χ3v) is 2.15. The second kappa shape index (κ2) is 5.66. The smallest absolute Gasteiger partial charge is 0.119 e. The largest absolute Gasteiger partial charge is 0.492 e. The lowest BCUT2D eigenvalue weighted by Crippen LogP contribution is -2.15. The van der Waals surface area contributed by atoms with E-state index in [1.54, 1.807) is 0 Å². The highest BCUT2D eigenvalue weighted by Crippen LogP contribution is 2.19. The van der Waals surface area contributed by atoms with Crippen LogP contribution in [0.3, 0.4) is 0 Å². The Bertz CT molecular complexity index is 271. The molecule has 2 nitrogen and oxygen atoms in total. The molecule has 0 aliphatic carbocycles. The van der Waals surface area contributed by atoms with Crippen molar-refractivity contribution in [1.82, 2.24) is 5.32 Å². The van der Waals surface area contributed by atoms with Gasteiger partial charge in [0.05, 0.1) is 0 Å². The molecule has 0 radical (unpaired) electrons. The monoisotopic (exact) mass is 193 g/mol. The Morgan fingerprint density at radius 2 is 2.14 bits per heavy atom. The van der Waals surface area contributed by atoms with Crippen LogP contribution in [0.15, 0.2) is 24.3 Å². The van der Waals surface area contributed by atoms with Gasteiger partial charge in [-0.25, -0.2) is 0 Å². The molecule has 0 aliphatic rings. The van der Waals surface area contributed by atoms with Crippen LogP contribution in [0.5, 0.6) is 5.75 Å². The summed E-state index contributed by atoms with van der Waals surface area (Å²) in [6, 6.07) is 8.29. The first-order valence-electron chi connectivity index (χ1n) is 5.11. The number of hydrogen-bond acceptors (Lipinski definition) is 2. The van der Waals surface area contributed by atoms with Gasteiger partial charge >= 0.3 is 0 Å². The van der Waals surface area contributed by atoms with Gasteiger partial charge in [0, 0.05) is 6.54 Å². The van der Waals surface area contributed by atoms with Crippen LogP contribution in [0.1, 0.15) is 25.3 Å². The molecule has 0 aromatic heterocycles. The molecule has 1 aromatic carbocycles. The average molecular weight is 193 g/mol. The lowest BCUT2D eigenvalue weighted by molar-refractivity contribution is 0.318. The van der Waals surface area contributed by atoms with E-state index in [1.165, 1.54) is 5.56 Å². The fourth-order valence-electron chi connectivity index (χ4n) is 1.23. The Kier molecular flexibility index (Phi) is 4.47. The first kappa shape index (κ1) is 11.1. The van der Waals surface area contributed by atoms with Crippen molar-refractivity contribution in [2.24, 2.45) is 0 Å². The second-order valence-electron chi connectivity index (χ2n) is 3.68. The van der Waals surface area contributed by atoms with Crippen LogP contribution >= 0.6 is 0 Å². The molecule has 0 saturated carbocycles. The molecular formula is C12H19NO. The van der Waals surface area contributed by atoms with Gasteiger partial charge < -0.3 is 10.1 Å². The zero-order valence-corrected chi connectivity index (χ0v) is 9.21. The summed E-state index contributed by atoms with van der Waals surface area (Å²) in [7, 11) is 1.92. The summed E-state index contributed by atoms with van der Waals surface area (Å²) in [6.45, 7) is 5.98. The van der Waals surface area contributed by atoms with Crippen molar-refractivity contribution in [3.8, 4) is 5.75 Å². The summed E-state index contributed by atoms with van der Waals surface area (Å²) in [6.07, 6.45) is 0. The Morgan fingerprint density at radius 1 is 1.36 bits per heavy atom. The van der Waals surface area contributed by atoms with E-state index in [9.17, 15) is 0 Å². The maximum atomic E-state index is 5.57. The number of rotatable bonds is 5. The van der Waals surface area contributed by atoms with Crippen molar-refractivity contribution in [3.63, 3.8) is 0 Å². The lowest BCUT2D eigenvalue weighted by Gasteiger charge is -2.09. The van der Waals surface area contributed by atoms with Crippen molar-refractivity contribution < 1.29 is 4.74 Å². The minimum absolute atomic E-state index is 0.558. The summed E-state index contributed by atoms with van der Waals surface area (Å²) >= 11 is 0. The highest BCUT2D eigenvalue weighted by molar-refractivity contribution is 5.30. The molecule has 0 fully saturated rings. The van der Waals surface area contributed by atoms with Crippen LogP contribution in [-0.4, -0.2) is 20.2 Å². The van der Waals surface area contributed by atoms with Crippen LogP contribution in [0, 0.1) is 0 Å². The Hall–Kier alpha value is -1.02. The number of ether oxygens (including phenoxy) is 1. The van der Waals surface area contributed by atoms with Gasteiger partial charge in [-0.15, -0.1) is 0 Å². The summed E-state index contributed by atoms with van der Waals surface area (Å²) in [4.78, 5) is 0. The van der Waals surface area contributed by atoms with Gasteiger partial charge in [0.1, 0.15) is 12.4 Å².